The van der Waals surface area contributed by atoms with Crippen molar-refractivity contribution in [1.29, 1.82) is 0 Å². The summed E-state index contributed by atoms with van der Waals surface area (Å²) in [5.41, 5.74) is 1.70. The van der Waals surface area contributed by atoms with E-state index in [9.17, 15) is 14.4 Å². The summed E-state index contributed by atoms with van der Waals surface area (Å²) < 4.78 is 11.2. The minimum absolute atomic E-state index is 0.214. The Morgan fingerprint density at radius 2 is 1.77 bits per heavy atom. The molecule has 0 saturated heterocycles. The van der Waals surface area contributed by atoms with Crippen LogP contribution in [-0.2, 0) is 9.53 Å². The van der Waals surface area contributed by atoms with Gasteiger partial charge in [-0.05, 0) is 48.5 Å². The van der Waals surface area contributed by atoms with Crippen molar-refractivity contribution in [2.75, 3.05) is 26.1 Å². The predicted octanol–water partition coefficient (Wildman–Crippen LogP) is 2.04. The SMILES string of the molecule is COC(=O)CNC(=O)c1cccc(NC(=O)c2ccn(-c3ccc(OC)cc3)n2)c1. The molecule has 0 unspecified atom stereocenters. The molecule has 9 heteroatoms. The number of rotatable bonds is 7. The molecular weight excluding hydrogens is 388 g/mol. The molecule has 0 aliphatic carbocycles. The van der Waals surface area contributed by atoms with Crippen molar-refractivity contribution in [1.82, 2.24) is 15.1 Å². The number of benzene rings is 2. The molecule has 1 heterocycles. The van der Waals surface area contributed by atoms with Gasteiger partial charge in [-0.15, -0.1) is 0 Å². The highest BCUT2D eigenvalue weighted by atomic mass is 16.5. The van der Waals surface area contributed by atoms with E-state index in [1.807, 2.05) is 12.1 Å². The van der Waals surface area contributed by atoms with Crippen LogP contribution < -0.4 is 15.4 Å². The van der Waals surface area contributed by atoms with E-state index in [0.29, 0.717) is 11.3 Å². The zero-order valence-electron chi connectivity index (χ0n) is 16.4. The number of esters is 1. The molecule has 2 aromatic carbocycles. The fourth-order valence-electron chi connectivity index (χ4n) is 2.58. The van der Waals surface area contributed by atoms with Crippen LogP contribution in [0.1, 0.15) is 20.8 Å². The molecule has 154 valence electrons. The average molecular weight is 408 g/mol. The van der Waals surface area contributed by atoms with Crippen LogP contribution in [-0.4, -0.2) is 48.3 Å². The molecule has 0 fully saturated rings. The van der Waals surface area contributed by atoms with Crippen LogP contribution in [0.15, 0.2) is 60.8 Å². The van der Waals surface area contributed by atoms with Crippen molar-refractivity contribution in [3.05, 3.63) is 72.1 Å². The first-order chi connectivity index (χ1) is 14.5. The van der Waals surface area contributed by atoms with Gasteiger partial charge in [0.2, 0.25) is 0 Å². The third kappa shape index (κ3) is 5.02. The number of anilines is 1. The summed E-state index contributed by atoms with van der Waals surface area (Å²) in [6, 6.07) is 15.2. The lowest BCUT2D eigenvalue weighted by molar-refractivity contribution is -0.139. The highest BCUT2D eigenvalue weighted by Crippen LogP contribution is 2.16. The van der Waals surface area contributed by atoms with Gasteiger partial charge >= 0.3 is 5.97 Å². The zero-order chi connectivity index (χ0) is 21.5. The lowest BCUT2D eigenvalue weighted by Gasteiger charge is -2.07. The van der Waals surface area contributed by atoms with Crippen LogP contribution in [0.2, 0.25) is 0 Å². The number of nitrogens with one attached hydrogen (secondary N) is 2. The molecule has 0 aliphatic rings. The van der Waals surface area contributed by atoms with Gasteiger partial charge in [0.15, 0.2) is 5.69 Å². The third-order valence-corrected chi connectivity index (χ3v) is 4.16. The number of carbonyl (C=O) groups is 3. The van der Waals surface area contributed by atoms with Gasteiger partial charge in [0.1, 0.15) is 12.3 Å². The molecule has 1 aromatic heterocycles. The minimum atomic E-state index is -0.555. The normalized spacial score (nSPS) is 10.2. The molecule has 0 saturated carbocycles. The molecule has 0 spiro atoms. The van der Waals surface area contributed by atoms with E-state index in [1.165, 1.54) is 13.2 Å². The maximum atomic E-state index is 12.5. The second-order valence-electron chi connectivity index (χ2n) is 6.14. The second kappa shape index (κ2) is 9.37. The Kier molecular flexibility index (Phi) is 6.43. The topological polar surface area (TPSA) is 112 Å². The smallest absolute Gasteiger partial charge is 0.325 e. The molecule has 2 amide bonds. The van der Waals surface area contributed by atoms with Gasteiger partial charge in [-0.25, -0.2) is 4.68 Å². The van der Waals surface area contributed by atoms with Crippen LogP contribution in [0.3, 0.4) is 0 Å². The summed E-state index contributed by atoms with van der Waals surface area (Å²) in [4.78, 5) is 35.8. The second-order valence-corrected chi connectivity index (χ2v) is 6.14. The summed E-state index contributed by atoms with van der Waals surface area (Å²) >= 11 is 0. The van der Waals surface area contributed by atoms with E-state index in [0.717, 1.165) is 11.4 Å². The molecule has 30 heavy (non-hydrogen) atoms. The summed E-state index contributed by atoms with van der Waals surface area (Å²) in [6.07, 6.45) is 1.67. The van der Waals surface area contributed by atoms with Gasteiger partial charge in [-0.3, -0.25) is 14.4 Å². The first-order valence-electron chi connectivity index (χ1n) is 8.96. The Morgan fingerprint density at radius 1 is 1.00 bits per heavy atom. The molecule has 0 atom stereocenters. The van der Waals surface area contributed by atoms with Gasteiger partial charge in [-0.2, -0.15) is 5.10 Å². The highest BCUT2D eigenvalue weighted by Gasteiger charge is 2.13. The first kappa shape index (κ1) is 20.6. The molecular formula is C21H20N4O5. The van der Waals surface area contributed by atoms with Crippen LogP contribution in [0, 0.1) is 0 Å². The van der Waals surface area contributed by atoms with Crippen molar-refractivity contribution in [2.45, 2.75) is 0 Å². The van der Waals surface area contributed by atoms with Gasteiger partial charge < -0.3 is 20.1 Å². The molecule has 0 aliphatic heterocycles. The van der Waals surface area contributed by atoms with Crippen molar-refractivity contribution < 1.29 is 23.9 Å². The maximum Gasteiger partial charge on any atom is 0.325 e. The van der Waals surface area contributed by atoms with E-state index in [2.05, 4.69) is 20.5 Å². The fraction of sp³-hybridized carbons (Fsp3) is 0.143. The standard InChI is InChI=1S/C21H20N4O5/c1-29-17-8-6-16(7-9-17)25-11-10-18(24-25)21(28)23-15-5-3-4-14(12-15)20(27)22-13-19(26)30-2/h3-12H,13H2,1-2H3,(H,22,27)(H,23,28). The molecule has 3 rings (SSSR count). The van der Waals surface area contributed by atoms with Gasteiger partial charge in [0.05, 0.1) is 19.9 Å². The summed E-state index contributed by atoms with van der Waals surface area (Å²) in [7, 11) is 2.82. The van der Waals surface area contributed by atoms with Gasteiger partial charge in [0, 0.05) is 17.4 Å². The Balaban J connectivity index is 1.67. The summed E-state index contributed by atoms with van der Waals surface area (Å²) in [5.74, 6) is -0.714. The maximum absolute atomic E-state index is 12.5. The number of hydrogen-bond acceptors (Lipinski definition) is 6. The number of aromatic nitrogens is 2. The average Bonchev–Trinajstić information content (AvgIpc) is 3.28. The van der Waals surface area contributed by atoms with Crippen molar-refractivity contribution in [3.63, 3.8) is 0 Å². The van der Waals surface area contributed by atoms with E-state index in [-0.39, 0.29) is 12.2 Å². The first-order valence-corrected chi connectivity index (χ1v) is 8.96. The number of amides is 2. The lowest BCUT2D eigenvalue weighted by Crippen LogP contribution is -2.30. The van der Waals surface area contributed by atoms with E-state index >= 15 is 0 Å². The number of carbonyl (C=O) groups excluding carboxylic acids is 3. The Morgan fingerprint density at radius 3 is 2.47 bits per heavy atom. The van der Waals surface area contributed by atoms with Crippen molar-refractivity contribution in [3.8, 4) is 11.4 Å². The predicted molar refractivity (Wildman–Crippen MR) is 109 cm³/mol. The Labute approximate surface area is 172 Å². The van der Waals surface area contributed by atoms with Crippen LogP contribution >= 0.6 is 0 Å². The molecule has 2 N–H and O–H groups in total. The summed E-state index contributed by atoms with van der Waals surface area (Å²) in [5, 5.41) is 9.43. The van der Waals surface area contributed by atoms with Crippen LogP contribution in [0.5, 0.6) is 5.75 Å². The monoisotopic (exact) mass is 408 g/mol. The summed E-state index contributed by atoms with van der Waals surface area (Å²) in [6.45, 7) is -0.241. The molecule has 0 bridgehead atoms. The lowest BCUT2D eigenvalue weighted by atomic mass is 10.2. The van der Waals surface area contributed by atoms with Gasteiger partial charge in [-0.1, -0.05) is 6.07 Å². The number of hydrogen-bond donors (Lipinski definition) is 2. The van der Waals surface area contributed by atoms with E-state index in [4.69, 9.17) is 4.74 Å². The van der Waals surface area contributed by atoms with E-state index in [1.54, 1.807) is 54.4 Å². The van der Waals surface area contributed by atoms with Crippen LogP contribution in [0.25, 0.3) is 5.69 Å². The largest absolute Gasteiger partial charge is 0.497 e. The number of methoxy groups -OCH3 is 2. The van der Waals surface area contributed by atoms with Gasteiger partial charge in [0.25, 0.3) is 11.8 Å². The number of ether oxygens (including phenoxy) is 2. The minimum Gasteiger partial charge on any atom is -0.497 e. The third-order valence-electron chi connectivity index (χ3n) is 4.16. The quantitative estimate of drug-likeness (QED) is 0.579. The molecule has 3 aromatic rings. The fourth-order valence-corrected chi connectivity index (χ4v) is 2.58. The zero-order valence-corrected chi connectivity index (χ0v) is 16.4. The van der Waals surface area contributed by atoms with Crippen molar-refractivity contribution in [2.24, 2.45) is 0 Å². The van der Waals surface area contributed by atoms with Crippen molar-refractivity contribution >= 4 is 23.5 Å². The highest BCUT2D eigenvalue weighted by molar-refractivity contribution is 6.04. The van der Waals surface area contributed by atoms with E-state index < -0.39 is 17.8 Å². The molecule has 0 radical (unpaired) electrons. The number of nitrogens with zero attached hydrogens (tertiary/aromatic N) is 2. The Bertz CT molecular complexity index is 1060. The molecule has 9 nitrogen and oxygen atoms in total. The Hall–Kier alpha value is -4.14. The van der Waals surface area contributed by atoms with Crippen LogP contribution in [0.4, 0.5) is 5.69 Å².